The topological polar surface area (TPSA) is 139 Å². The Balaban J connectivity index is 0.00000320. The Morgan fingerprint density at radius 3 is 2.60 bits per heavy atom. The second-order valence-electron chi connectivity index (χ2n) is 7.12. The quantitative estimate of drug-likeness (QED) is 0.556. The number of nitrogens with two attached hydrogens (primary N) is 2. The fourth-order valence-corrected chi connectivity index (χ4v) is 3.26. The number of halogens is 2. The molecule has 1 fully saturated rings. The molecule has 162 valence electrons. The van der Waals surface area contributed by atoms with Crippen LogP contribution < -0.4 is 22.1 Å². The zero-order chi connectivity index (χ0) is 21.1. The average Bonchev–Trinajstić information content (AvgIpc) is 2.65. The largest absolute Gasteiger partial charge is 0.365 e. The SMILES string of the molecule is CC(=O)N1CCC(Nc2nc(Nc3cncc(C)c3)c(C(N)=O)cc2F)C(N)C1.Cl. The highest BCUT2D eigenvalue weighted by atomic mass is 35.5. The minimum Gasteiger partial charge on any atom is -0.365 e. The Bertz CT molecular complexity index is 943. The van der Waals surface area contributed by atoms with Gasteiger partial charge in [-0.15, -0.1) is 12.4 Å². The highest BCUT2D eigenvalue weighted by Crippen LogP contribution is 2.25. The number of likely N-dealkylation sites (tertiary alicyclic amines) is 1. The van der Waals surface area contributed by atoms with Crippen molar-refractivity contribution in [2.75, 3.05) is 23.7 Å². The van der Waals surface area contributed by atoms with Crippen LogP contribution in [0, 0.1) is 12.7 Å². The van der Waals surface area contributed by atoms with E-state index in [0.29, 0.717) is 25.2 Å². The standard InChI is InChI=1S/C19H24FN7O2.ClH/c1-10-5-12(8-23-7-10)24-18-13(17(22)29)6-14(20)19(26-18)25-16-3-4-27(11(2)28)9-15(16)21;/h5-8,15-16H,3-4,9,21H2,1-2H3,(H2,22,29)(H2,24,25,26);1H. The highest BCUT2D eigenvalue weighted by molar-refractivity contribution is 5.98. The van der Waals surface area contributed by atoms with Gasteiger partial charge in [0.05, 0.1) is 17.4 Å². The lowest BCUT2D eigenvalue weighted by Gasteiger charge is -2.36. The van der Waals surface area contributed by atoms with Crippen LogP contribution in [0.3, 0.4) is 0 Å². The van der Waals surface area contributed by atoms with Gasteiger partial charge in [-0.25, -0.2) is 9.37 Å². The molecule has 11 heteroatoms. The summed E-state index contributed by atoms with van der Waals surface area (Å²) in [5.41, 5.74) is 13.0. The second-order valence-corrected chi connectivity index (χ2v) is 7.12. The minimum absolute atomic E-state index is 0. The molecule has 9 nitrogen and oxygen atoms in total. The van der Waals surface area contributed by atoms with Crippen molar-refractivity contribution in [2.45, 2.75) is 32.4 Å². The number of primary amides is 1. The Kier molecular flexibility index (Phi) is 7.52. The van der Waals surface area contributed by atoms with Gasteiger partial charge in [0.15, 0.2) is 11.6 Å². The molecule has 1 saturated heterocycles. The number of nitrogens with zero attached hydrogens (tertiary/aromatic N) is 3. The van der Waals surface area contributed by atoms with E-state index < -0.39 is 11.7 Å². The fraction of sp³-hybridized carbons (Fsp3) is 0.368. The van der Waals surface area contributed by atoms with Crippen LogP contribution in [-0.4, -0.2) is 51.9 Å². The molecule has 30 heavy (non-hydrogen) atoms. The van der Waals surface area contributed by atoms with Gasteiger partial charge in [-0.05, 0) is 31.0 Å². The van der Waals surface area contributed by atoms with E-state index >= 15 is 0 Å². The van der Waals surface area contributed by atoms with Gasteiger partial charge in [-0.2, -0.15) is 0 Å². The Labute approximate surface area is 179 Å². The molecule has 0 spiro atoms. The van der Waals surface area contributed by atoms with E-state index in [1.54, 1.807) is 17.3 Å². The lowest BCUT2D eigenvalue weighted by atomic mass is 10.00. The maximum Gasteiger partial charge on any atom is 0.252 e. The molecule has 0 aliphatic carbocycles. The van der Waals surface area contributed by atoms with Gasteiger partial charge < -0.3 is 27.0 Å². The molecular weight excluding hydrogens is 413 g/mol. The van der Waals surface area contributed by atoms with Crippen molar-refractivity contribution in [2.24, 2.45) is 11.5 Å². The number of aryl methyl sites for hydroxylation is 1. The van der Waals surface area contributed by atoms with E-state index in [0.717, 1.165) is 11.6 Å². The number of hydrogen-bond donors (Lipinski definition) is 4. The number of pyridine rings is 2. The fourth-order valence-electron chi connectivity index (χ4n) is 3.26. The zero-order valence-electron chi connectivity index (χ0n) is 16.7. The molecule has 2 aromatic heterocycles. The molecule has 2 aromatic rings. The van der Waals surface area contributed by atoms with Crippen LogP contribution in [-0.2, 0) is 4.79 Å². The normalized spacial score (nSPS) is 18.3. The number of piperidine rings is 1. The third kappa shape index (κ3) is 5.33. The summed E-state index contributed by atoms with van der Waals surface area (Å²) in [5.74, 6) is -1.50. The number of aromatic nitrogens is 2. The molecule has 3 heterocycles. The molecular formula is C19H25ClFN7O2. The highest BCUT2D eigenvalue weighted by Gasteiger charge is 2.29. The minimum atomic E-state index is -0.808. The molecule has 2 amide bonds. The number of hydrogen-bond acceptors (Lipinski definition) is 7. The van der Waals surface area contributed by atoms with Crippen LogP contribution in [0.4, 0.5) is 21.7 Å². The Morgan fingerprint density at radius 1 is 1.27 bits per heavy atom. The van der Waals surface area contributed by atoms with Crippen molar-refractivity contribution in [3.8, 4) is 0 Å². The van der Waals surface area contributed by atoms with E-state index in [1.165, 1.54) is 6.92 Å². The van der Waals surface area contributed by atoms with E-state index in [4.69, 9.17) is 11.5 Å². The van der Waals surface area contributed by atoms with Crippen LogP contribution in [0.5, 0.6) is 0 Å². The molecule has 1 aliphatic heterocycles. The summed E-state index contributed by atoms with van der Waals surface area (Å²) in [6.07, 6.45) is 3.79. The molecule has 0 radical (unpaired) electrons. The summed E-state index contributed by atoms with van der Waals surface area (Å²) in [5, 5.41) is 5.97. The van der Waals surface area contributed by atoms with Crippen molar-refractivity contribution in [3.05, 3.63) is 41.5 Å². The van der Waals surface area contributed by atoms with E-state index in [-0.39, 0.29) is 47.6 Å². The lowest BCUT2D eigenvalue weighted by molar-refractivity contribution is -0.130. The van der Waals surface area contributed by atoms with Gasteiger partial charge in [0.1, 0.15) is 5.82 Å². The van der Waals surface area contributed by atoms with Crippen molar-refractivity contribution in [3.63, 3.8) is 0 Å². The van der Waals surface area contributed by atoms with Gasteiger partial charge in [0, 0.05) is 38.3 Å². The summed E-state index contributed by atoms with van der Waals surface area (Å²) < 4.78 is 14.6. The Hall–Kier alpha value is -2.98. The summed E-state index contributed by atoms with van der Waals surface area (Å²) >= 11 is 0. The van der Waals surface area contributed by atoms with E-state index in [1.807, 2.05) is 13.0 Å². The van der Waals surface area contributed by atoms with Crippen LogP contribution in [0.25, 0.3) is 0 Å². The van der Waals surface area contributed by atoms with Gasteiger partial charge in [0.25, 0.3) is 5.91 Å². The van der Waals surface area contributed by atoms with Gasteiger partial charge in [0.2, 0.25) is 5.91 Å². The lowest BCUT2D eigenvalue weighted by Crippen LogP contribution is -2.55. The third-order valence-electron chi connectivity index (χ3n) is 4.80. The Morgan fingerprint density at radius 2 is 2.00 bits per heavy atom. The smallest absolute Gasteiger partial charge is 0.252 e. The van der Waals surface area contributed by atoms with Gasteiger partial charge in [-0.3, -0.25) is 14.6 Å². The monoisotopic (exact) mass is 437 g/mol. The third-order valence-corrected chi connectivity index (χ3v) is 4.80. The molecule has 2 unspecified atom stereocenters. The van der Waals surface area contributed by atoms with Gasteiger partial charge >= 0.3 is 0 Å². The number of nitrogens with one attached hydrogen (secondary N) is 2. The molecule has 0 aromatic carbocycles. The first kappa shape index (κ1) is 23.3. The molecule has 6 N–H and O–H groups in total. The summed E-state index contributed by atoms with van der Waals surface area (Å²) in [7, 11) is 0. The van der Waals surface area contributed by atoms with Crippen LogP contribution >= 0.6 is 12.4 Å². The van der Waals surface area contributed by atoms with E-state index in [9.17, 15) is 14.0 Å². The predicted octanol–water partition coefficient (Wildman–Crippen LogP) is 1.55. The van der Waals surface area contributed by atoms with Crippen molar-refractivity contribution < 1.29 is 14.0 Å². The first-order valence-electron chi connectivity index (χ1n) is 9.21. The predicted molar refractivity (Wildman–Crippen MR) is 114 cm³/mol. The summed E-state index contributed by atoms with van der Waals surface area (Å²) in [4.78, 5) is 33.3. The number of anilines is 3. The molecule has 3 rings (SSSR count). The molecule has 2 atom stereocenters. The molecule has 0 saturated carbocycles. The maximum atomic E-state index is 14.6. The average molecular weight is 438 g/mol. The zero-order valence-corrected chi connectivity index (χ0v) is 17.5. The maximum absolute atomic E-state index is 14.6. The van der Waals surface area contributed by atoms with Crippen molar-refractivity contribution in [1.29, 1.82) is 0 Å². The summed E-state index contributed by atoms with van der Waals surface area (Å²) in [6.45, 7) is 4.24. The first-order chi connectivity index (χ1) is 13.7. The van der Waals surface area contributed by atoms with Gasteiger partial charge in [-0.1, -0.05) is 0 Å². The van der Waals surface area contributed by atoms with Crippen LogP contribution in [0.2, 0.25) is 0 Å². The number of rotatable bonds is 5. The number of carbonyl (C=O) groups excluding carboxylic acids is 2. The first-order valence-corrected chi connectivity index (χ1v) is 9.21. The second kappa shape index (κ2) is 9.68. The number of carbonyl (C=O) groups is 2. The van der Waals surface area contributed by atoms with Crippen molar-refractivity contribution in [1.82, 2.24) is 14.9 Å². The molecule has 0 bridgehead atoms. The summed E-state index contributed by atoms with van der Waals surface area (Å²) in [6, 6.07) is 2.19. The van der Waals surface area contributed by atoms with Crippen LogP contribution in [0.1, 0.15) is 29.3 Å². The molecule has 1 aliphatic rings. The van der Waals surface area contributed by atoms with Crippen LogP contribution in [0.15, 0.2) is 24.5 Å². The van der Waals surface area contributed by atoms with E-state index in [2.05, 4.69) is 20.6 Å². The van der Waals surface area contributed by atoms with Crippen molar-refractivity contribution >= 4 is 41.5 Å². The number of amides is 2.